The maximum Gasteiger partial charge on any atom is 0.161 e. The van der Waals surface area contributed by atoms with Gasteiger partial charge in [-0.25, -0.2) is 0 Å². The van der Waals surface area contributed by atoms with Crippen LogP contribution in [0.1, 0.15) is 28.5 Å². The van der Waals surface area contributed by atoms with Gasteiger partial charge in [-0.2, -0.15) is 0 Å². The zero-order valence-corrected chi connectivity index (χ0v) is 17.2. The molecule has 0 saturated heterocycles. The summed E-state index contributed by atoms with van der Waals surface area (Å²) >= 11 is 0. The molecule has 2 aromatic carbocycles. The van der Waals surface area contributed by atoms with Gasteiger partial charge in [-0.1, -0.05) is 17.7 Å². The molecule has 0 radical (unpaired) electrons. The van der Waals surface area contributed by atoms with E-state index in [9.17, 15) is 0 Å². The van der Waals surface area contributed by atoms with Crippen molar-refractivity contribution in [2.24, 2.45) is 0 Å². The SMILES string of the molecule is COc1cc2c(cc1OC)C(COc1ccc(C)cc1)N(Cc1ccco1)CC2. The molecule has 0 fully saturated rings. The number of methoxy groups -OCH3 is 2. The number of nitrogens with zero attached hydrogens (tertiary/aromatic N) is 1. The molecule has 1 aliphatic heterocycles. The van der Waals surface area contributed by atoms with Crippen LogP contribution in [0, 0.1) is 6.92 Å². The molecule has 2 heterocycles. The van der Waals surface area contributed by atoms with Crippen LogP contribution in [-0.2, 0) is 13.0 Å². The molecule has 1 unspecified atom stereocenters. The zero-order chi connectivity index (χ0) is 20.2. The maximum absolute atomic E-state index is 6.19. The Morgan fingerprint density at radius 1 is 1.03 bits per heavy atom. The van der Waals surface area contributed by atoms with Crippen LogP contribution < -0.4 is 14.2 Å². The molecule has 3 aromatic rings. The van der Waals surface area contributed by atoms with Crippen molar-refractivity contribution < 1.29 is 18.6 Å². The second-order valence-electron chi connectivity index (χ2n) is 7.35. The first-order chi connectivity index (χ1) is 14.2. The monoisotopic (exact) mass is 393 g/mol. The normalized spacial score (nSPS) is 16.3. The third-order valence-electron chi connectivity index (χ3n) is 5.48. The minimum atomic E-state index is 0.0879. The van der Waals surface area contributed by atoms with Gasteiger partial charge < -0.3 is 18.6 Å². The van der Waals surface area contributed by atoms with Gasteiger partial charge in [-0.3, -0.25) is 4.90 Å². The van der Waals surface area contributed by atoms with Gasteiger partial charge >= 0.3 is 0 Å². The van der Waals surface area contributed by atoms with E-state index in [-0.39, 0.29) is 6.04 Å². The van der Waals surface area contributed by atoms with E-state index in [0.717, 1.165) is 42.5 Å². The lowest BCUT2D eigenvalue weighted by atomic mass is 9.92. The van der Waals surface area contributed by atoms with Crippen molar-refractivity contribution in [3.63, 3.8) is 0 Å². The summed E-state index contributed by atoms with van der Waals surface area (Å²) in [5, 5.41) is 0. The standard InChI is InChI=1S/C24H27NO4/c1-17-6-8-19(9-7-17)29-16-22-21-14-24(27-3)23(26-2)13-18(21)10-11-25(22)15-20-5-4-12-28-20/h4-9,12-14,22H,10-11,15-16H2,1-3H3. The molecule has 0 spiro atoms. The van der Waals surface area contributed by atoms with E-state index >= 15 is 0 Å². The summed E-state index contributed by atoms with van der Waals surface area (Å²) in [4.78, 5) is 2.40. The van der Waals surface area contributed by atoms with Gasteiger partial charge in [-0.15, -0.1) is 0 Å². The Labute approximate surface area is 171 Å². The third-order valence-corrected chi connectivity index (χ3v) is 5.48. The molecule has 0 bridgehead atoms. The molecule has 1 aliphatic rings. The van der Waals surface area contributed by atoms with E-state index in [1.807, 2.05) is 24.3 Å². The molecule has 5 heteroatoms. The molecular formula is C24H27NO4. The number of furan rings is 1. The number of rotatable bonds is 7. The van der Waals surface area contributed by atoms with Crippen LogP contribution in [0.15, 0.2) is 59.2 Å². The van der Waals surface area contributed by atoms with E-state index in [1.165, 1.54) is 16.7 Å². The molecule has 1 aromatic heterocycles. The summed E-state index contributed by atoms with van der Waals surface area (Å²) in [5.41, 5.74) is 3.71. The summed E-state index contributed by atoms with van der Waals surface area (Å²) in [5.74, 6) is 3.34. The van der Waals surface area contributed by atoms with Crippen molar-refractivity contribution in [2.45, 2.75) is 25.9 Å². The van der Waals surface area contributed by atoms with Crippen LogP contribution in [0.5, 0.6) is 17.2 Å². The Morgan fingerprint density at radius 3 is 2.48 bits per heavy atom. The van der Waals surface area contributed by atoms with Crippen LogP contribution in [0.25, 0.3) is 0 Å². The summed E-state index contributed by atoms with van der Waals surface area (Å²) in [6, 6.07) is 16.4. The molecule has 0 amide bonds. The minimum absolute atomic E-state index is 0.0879. The fourth-order valence-corrected chi connectivity index (χ4v) is 3.88. The topological polar surface area (TPSA) is 44.1 Å². The van der Waals surface area contributed by atoms with Crippen LogP contribution in [0.4, 0.5) is 0 Å². The predicted molar refractivity (Wildman–Crippen MR) is 112 cm³/mol. The number of fused-ring (bicyclic) bond motifs is 1. The van der Waals surface area contributed by atoms with Crippen molar-refractivity contribution in [2.75, 3.05) is 27.4 Å². The van der Waals surface area contributed by atoms with Gasteiger partial charge in [0.1, 0.15) is 18.1 Å². The van der Waals surface area contributed by atoms with Gasteiger partial charge in [0.25, 0.3) is 0 Å². The van der Waals surface area contributed by atoms with E-state index in [0.29, 0.717) is 6.61 Å². The van der Waals surface area contributed by atoms with E-state index in [4.69, 9.17) is 18.6 Å². The summed E-state index contributed by atoms with van der Waals surface area (Å²) < 4.78 is 22.9. The highest BCUT2D eigenvalue weighted by molar-refractivity contribution is 5.49. The lowest BCUT2D eigenvalue weighted by Gasteiger charge is -2.37. The zero-order valence-electron chi connectivity index (χ0n) is 17.2. The highest BCUT2D eigenvalue weighted by Crippen LogP contribution is 2.39. The first kappa shape index (κ1) is 19.4. The van der Waals surface area contributed by atoms with E-state index < -0.39 is 0 Å². The van der Waals surface area contributed by atoms with Gasteiger partial charge in [0.05, 0.1) is 33.1 Å². The maximum atomic E-state index is 6.19. The van der Waals surface area contributed by atoms with Gasteiger partial charge in [0.15, 0.2) is 11.5 Å². The fraction of sp³-hybridized carbons (Fsp3) is 0.333. The van der Waals surface area contributed by atoms with Crippen molar-refractivity contribution in [1.82, 2.24) is 4.90 Å². The van der Waals surface area contributed by atoms with Crippen molar-refractivity contribution in [3.05, 3.63) is 77.2 Å². The lowest BCUT2D eigenvalue weighted by Crippen LogP contribution is -2.38. The van der Waals surface area contributed by atoms with Crippen molar-refractivity contribution in [3.8, 4) is 17.2 Å². The second kappa shape index (κ2) is 8.62. The molecule has 29 heavy (non-hydrogen) atoms. The van der Waals surface area contributed by atoms with Crippen LogP contribution in [-0.4, -0.2) is 32.3 Å². The van der Waals surface area contributed by atoms with Crippen molar-refractivity contribution >= 4 is 0 Å². The first-order valence-electron chi connectivity index (χ1n) is 9.88. The predicted octanol–water partition coefficient (Wildman–Crippen LogP) is 4.78. The Bertz CT molecular complexity index is 934. The van der Waals surface area contributed by atoms with Crippen LogP contribution in [0.3, 0.4) is 0 Å². The molecule has 5 nitrogen and oxygen atoms in total. The minimum Gasteiger partial charge on any atom is -0.493 e. The Kier molecular flexibility index (Phi) is 5.76. The molecular weight excluding hydrogens is 366 g/mol. The highest BCUT2D eigenvalue weighted by Gasteiger charge is 2.30. The molecule has 152 valence electrons. The third kappa shape index (κ3) is 4.25. The number of benzene rings is 2. The molecule has 0 N–H and O–H groups in total. The highest BCUT2D eigenvalue weighted by atomic mass is 16.5. The Morgan fingerprint density at radius 2 is 1.79 bits per heavy atom. The van der Waals surface area contributed by atoms with Gasteiger partial charge in [0, 0.05) is 6.54 Å². The largest absolute Gasteiger partial charge is 0.493 e. The first-order valence-corrected chi connectivity index (χ1v) is 9.88. The summed E-state index contributed by atoms with van der Waals surface area (Å²) in [7, 11) is 3.35. The van der Waals surface area contributed by atoms with E-state index in [2.05, 4.69) is 36.1 Å². The summed E-state index contributed by atoms with van der Waals surface area (Å²) in [6.45, 7) is 4.28. The quantitative estimate of drug-likeness (QED) is 0.578. The van der Waals surface area contributed by atoms with Crippen LogP contribution >= 0.6 is 0 Å². The number of ether oxygens (including phenoxy) is 3. The summed E-state index contributed by atoms with van der Waals surface area (Å²) in [6.07, 6.45) is 2.66. The lowest BCUT2D eigenvalue weighted by molar-refractivity contribution is 0.111. The van der Waals surface area contributed by atoms with Gasteiger partial charge in [0.2, 0.25) is 0 Å². The Balaban J connectivity index is 1.64. The number of aryl methyl sites for hydroxylation is 1. The van der Waals surface area contributed by atoms with Gasteiger partial charge in [-0.05, 0) is 60.9 Å². The molecule has 4 rings (SSSR count). The fourth-order valence-electron chi connectivity index (χ4n) is 3.88. The number of hydrogen-bond donors (Lipinski definition) is 0. The molecule has 1 atom stereocenters. The van der Waals surface area contributed by atoms with Crippen LogP contribution in [0.2, 0.25) is 0 Å². The second-order valence-corrected chi connectivity index (χ2v) is 7.35. The average Bonchev–Trinajstić information content (AvgIpc) is 3.26. The molecule has 0 aliphatic carbocycles. The number of hydrogen-bond acceptors (Lipinski definition) is 5. The van der Waals surface area contributed by atoms with E-state index in [1.54, 1.807) is 20.5 Å². The smallest absolute Gasteiger partial charge is 0.161 e. The molecule has 0 saturated carbocycles. The van der Waals surface area contributed by atoms with Crippen molar-refractivity contribution in [1.29, 1.82) is 0 Å². The Hall–Kier alpha value is -2.92. The average molecular weight is 393 g/mol.